The topological polar surface area (TPSA) is 65.0 Å². The summed E-state index contributed by atoms with van der Waals surface area (Å²) in [7, 11) is 1.28. The van der Waals surface area contributed by atoms with Crippen molar-refractivity contribution in [2.75, 3.05) is 20.3 Å². The van der Waals surface area contributed by atoms with Crippen molar-refractivity contribution in [3.8, 4) is 0 Å². The molecule has 0 aromatic carbocycles. The number of hydrogen-bond donors (Lipinski definition) is 1. The van der Waals surface area contributed by atoms with E-state index >= 15 is 0 Å². The zero-order valence-corrected chi connectivity index (χ0v) is 9.49. The molecule has 12 heavy (non-hydrogen) atoms. The molecule has 1 aliphatic rings. The van der Waals surface area contributed by atoms with Gasteiger partial charge in [0, 0.05) is 21.1 Å². The van der Waals surface area contributed by atoms with Gasteiger partial charge in [0.05, 0.1) is 20.3 Å². The van der Waals surface area contributed by atoms with Crippen LogP contribution in [0.25, 0.3) is 0 Å². The number of esters is 1. The van der Waals surface area contributed by atoms with E-state index in [9.17, 15) is 4.79 Å². The van der Waals surface area contributed by atoms with Crippen molar-refractivity contribution >= 4 is 5.97 Å². The first-order chi connectivity index (χ1) is 5.27. The molecule has 0 aliphatic carbocycles. The fourth-order valence-electron chi connectivity index (χ4n) is 0.807. The molecule has 0 aromatic rings. The molecule has 0 amide bonds. The van der Waals surface area contributed by atoms with Crippen LogP contribution < -0.4 is 0 Å². The SMILES string of the molecule is COC(=O)[C@@H]1COC(CO)O1.[W]. The summed E-state index contributed by atoms with van der Waals surface area (Å²) in [5.74, 6) is -0.471. The molecule has 0 saturated carbocycles. The Morgan fingerprint density at radius 2 is 2.42 bits per heavy atom. The van der Waals surface area contributed by atoms with E-state index in [0.717, 1.165) is 0 Å². The molecule has 5 nitrogen and oxygen atoms in total. The van der Waals surface area contributed by atoms with Crippen LogP contribution in [0.3, 0.4) is 0 Å². The normalized spacial score (nSPS) is 27.8. The Morgan fingerprint density at radius 1 is 1.75 bits per heavy atom. The minimum atomic E-state index is -0.683. The average molecular weight is 346 g/mol. The van der Waals surface area contributed by atoms with Gasteiger partial charge in [0.15, 0.2) is 12.4 Å². The molecule has 1 rings (SSSR count). The first-order valence-electron chi connectivity index (χ1n) is 3.23. The van der Waals surface area contributed by atoms with Crippen LogP contribution in [0.1, 0.15) is 0 Å². The minimum Gasteiger partial charge on any atom is -0.467 e. The van der Waals surface area contributed by atoms with E-state index < -0.39 is 18.4 Å². The van der Waals surface area contributed by atoms with Crippen molar-refractivity contribution in [3.05, 3.63) is 0 Å². The smallest absolute Gasteiger partial charge is 0.337 e. The summed E-state index contributed by atoms with van der Waals surface area (Å²) in [5, 5.41) is 8.54. The van der Waals surface area contributed by atoms with E-state index in [-0.39, 0.29) is 34.3 Å². The summed E-state index contributed by atoms with van der Waals surface area (Å²) in [5.41, 5.74) is 0. The van der Waals surface area contributed by atoms with Crippen LogP contribution in [-0.2, 0) is 40.1 Å². The third-order valence-corrected chi connectivity index (χ3v) is 1.36. The Bertz CT molecular complexity index is 151. The maximum atomic E-state index is 10.8. The van der Waals surface area contributed by atoms with E-state index in [1.807, 2.05) is 0 Å². The number of methoxy groups -OCH3 is 1. The van der Waals surface area contributed by atoms with Gasteiger partial charge in [-0.1, -0.05) is 0 Å². The average Bonchev–Trinajstić information content (AvgIpc) is 2.50. The fraction of sp³-hybridized carbons (Fsp3) is 0.833. The van der Waals surface area contributed by atoms with Crippen LogP contribution in [0.2, 0.25) is 0 Å². The summed E-state index contributed by atoms with van der Waals surface area (Å²) >= 11 is 0. The van der Waals surface area contributed by atoms with Gasteiger partial charge in [-0.05, 0) is 0 Å². The quantitative estimate of drug-likeness (QED) is 0.643. The molecule has 2 atom stereocenters. The first-order valence-corrected chi connectivity index (χ1v) is 3.23. The molecule has 1 heterocycles. The predicted molar refractivity (Wildman–Crippen MR) is 33.7 cm³/mol. The van der Waals surface area contributed by atoms with Crippen LogP contribution in [-0.4, -0.2) is 43.8 Å². The second-order valence-electron chi connectivity index (χ2n) is 2.09. The monoisotopic (exact) mass is 346 g/mol. The molecule has 1 N–H and O–H groups in total. The zero-order valence-electron chi connectivity index (χ0n) is 6.56. The van der Waals surface area contributed by atoms with E-state index in [1.54, 1.807) is 0 Å². The molecule has 0 radical (unpaired) electrons. The largest absolute Gasteiger partial charge is 0.467 e. The Morgan fingerprint density at radius 3 is 2.83 bits per heavy atom. The second kappa shape index (κ2) is 5.64. The van der Waals surface area contributed by atoms with Gasteiger partial charge in [0.2, 0.25) is 0 Å². The van der Waals surface area contributed by atoms with Gasteiger partial charge >= 0.3 is 5.97 Å². The Hall–Kier alpha value is 0.0383. The molecule has 1 fully saturated rings. The summed E-state index contributed by atoms with van der Waals surface area (Å²) in [6.07, 6.45) is -1.36. The number of rotatable bonds is 2. The Labute approximate surface area is 84.2 Å². The minimum absolute atomic E-state index is 0. The molecular weight excluding hydrogens is 336 g/mol. The van der Waals surface area contributed by atoms with Crippen LogP contribution in [0, 0.1) is 0 Å². The van der Waals surface area contributed by atoms with Crippen LogP contribution in [0.4, 0.5) is 0 Å². The van der Waals surface area contributed by atoms with Crippen LogP contribution in [0.15, 0.2) is 0 Å². The number of aliphatic hydroxyl groups is 1. The van der Waals surface area contributed by atoms with Gasteiger partial charge in [0.25, 0.3) is 0 Å². The zero-order chi connectivity index (χ0) is 8.27. The maximum Gasteiger partial charge on any atom is 0.337 e. The van der Waals surface area contributed by atoms with Gasteiger partial charge in [-0.3, -0.25) is 0 Å². The van der Waals surface area contributed by atoms with E-state index in [1.165, 1.54) is 7.11 Å². The molecule has 1 saturated heterocycles. The number of hydrogen-bond acceptors (Lipinski definition) is 5. The Balaban J connectivity index is 0.00000121. The molecule has 0 bridgehead atoms. The van der Waals surface area contributed by atoms with Gasteiger partial charge in [-0.15, -0.1) is 0 Å². The summed E-state index contributed by atoms with van der Waals surface area (Å²) in [6, 6.07) is 0. The molecule has 1 aliphatic heterocycles. The molecule has 70 valence electrons. The third-order valence-electron chi connectivity index (χ3n) is 1.36. The van der Waals surface area contributed by atoms with Gasteiger partial charge in [-0.25, -0.2) is 4.79 Å². The third kappa shape index (κ3) is 2.82. The summed E-state index contributed by atoms with van der Waals surface area (Å²) in [6.45, 7) is -0.0919. The summed E-state index contributed by atoms with van der Waals surface area (Å²) < 4.78 is 14.2. The molecule has 0 spiro atoms. The molecule has 1 unspecified atom stereocenters. The summed E-state index contributed by atoms with van der Waals surface area (Å²) in [4.78, 5) is 10.8. The standard InChI is InChI=1S/C6H10O5.W/c1-9-6(8)4-3-10-5(2-7)11-4;/h4-5,7H,2-3H2,1H3;/t4-,5?;/m0./s1. The van der Waals surface area contributed by atoms with E-state index in [0.29, 0.717) is 0 Å². The van der Waals surface area contributed by atoms with Crippen molar-refractivity contribution in [3.63, 3.8) is 0 Å². The van der Waals surface area contributed by atoms with Crippen LogP contribution >= 0.6 is 0 Å². The molecule has 6 heteroatoms. The predicted octanol–water partition coefficient (Wildman–Crippen LogP) is -1.11. The van der Waals surface area contributed by atoms with Crippen molar-refractivity contribution in [1.29, 1.82) is 0 Å². The van der Waals surface area contributed by atoms with Gasteiger partial charge in [0.1, 0.15) is 0 Å². The second-order valence-corrected chi connectivity index (χ2v) is 2.09. The van der Waals surface area contributed by atoms with Crippen molar-refractivity contribution in [2.24, 2.45) is 0 Å². The van der Waals surface area contributed by atoms with Crippen molar-refractivity contribution in [1.82, 2.24) is 0 Å². The van der Waals surface area contributed by atoms with E-state index in [2.05, 4.69) is 4.74 Å². The number of aliphatic hydroxyl groups excluding tert-OH is 1. The number of ether oxygens (including phenoxy) is 3. The van der Waals surface area contributed by atoms with Crippen molar-refractivity contribution in [2.45, 2.75) is 12.4 Å². The first kappa shape index (κ1) is 12.0. The molecule has 0 aromatic heterocycles. The Kier molecular flexibility index (Phi) is 5.66. The fourth-order valence-corrected chi connectivity index (χ4v) is 0.807. The number of carbonyl (C=O) groups is 1. The van der Waals surface area contributed by atoms with Gasteiger partial charge in [-0.2, -0.15) is 0 Å². The maximum absolute atomic E-state index is 10.8. The van der Waals surface area contributed by atoms with E-state index in [4.69, 9.17) is 14.6 Å². The van der Waals surface area contributed by atoms with Gasteiger partial charge < -0.3 is 19.3 Å². The van der Waals surface area contributed by atoms with Crippen molar-refractivity contribution < 1.29 is 45.2 Å². The molecular formula is C6H10O5W. The number of carbonyl (C=O) groups excluding carboxylic acids is 1. The van der Waals surface area contributed by atoms with Crippen LogP contribution in [0.5, 0.6) is 0 Å².